The van der Waals surface area contributed by atoms with Crippen LogP contribution in [0.3, 0.4) is 0 Å². The lowest BCUT2D eigenvalue weighted by Gasteiger charge is -2.34. The van der Waals surface area contributed by atoms with Crippen molar-refractivity contribution in [2.45, 2.75) is 38.3 Å². The van der Waals surface area contributed by atoms with E-state index in [1.807, 2.05) is 13.8 Å². The maximum Gasteiger partial charge on any atom is 0.0642 e. The minimum Gasteiger partial charge on any atom is -0.375 e. The van der Waals surface area contributed by atoms with Gasteiger partial charge < -0.3 is 9.94 Å². The highest BCUT2D eigenvalue weighted by Crippen LogP contribution is 2.23. The molecule has 0 saturated carbocycles. The van der Waals surface area contributed by atoms with E-state index in [0.717, 1.165) is 19.4 Å². The normalized spacial score (nSPS) is 32.1. The second-order valence-corrected chi connectivity index (χ2v) is 3.43. The molecule has 2 N–H and O–H groups in total. The van der Waals surface area contributed by atoms with Crippen molar-refractivity contribution >= 4 is 0 Å². The zero-order valence-electron chi connectivity index (χ0n) is 6.55. The van der Waals surface area contributed by atoms with Crippen molar-refractivity contribution in [1.82, 2.24) is 5.48 Å². The fraction of sp³-hybridized carbons (Fsp3) is 1.00. The molecule has 0 aromatic rings. The number of rotatable bonds is 1. The summed E-state index contributed by atoms with van der Waals surface area (Å²) in [5, 5.41) is 8.62. The average Bonchev–Trinajstić information content (AvgIpc) is 1.86. The van der Waals surface area contributed by atoms with Crippen molar-refractivity contribution < 1.29 is 9.94 Å². The molecule has 0 radical (unpaired) electrons. The molecule has 1 rings (SSSR count). The number of ether oxygens (including phenoxy) is 1. The second kappa shape index (κ2) is 2.86. The molecule has 1 atom stereocenters. The van der Waals surface area contributed by atoms with E-state index >= 15 is 0 Å². The molecular weight excluding hydrogens is 130 g/mol. The summed E-state index contributed by atoms with van der Waals surface area (Å²) >= 11 is 0. The SMILES string of the molecule is CC1(C)CC(NO)CCO1. The first kappa shape index (κ1) is 7.98. The molecule has 0 aliphatic carbocycles. The molecule has 60 valence electrons. The average molecular weight is 145 g/mol. The molecule has 0 aromatic heterocycles. The Morgan fingerprint density at radius 2 is 2.30 bits per heavy atom. The quantitative estimate of drug-likeness (QED) is 0.539. The Morgan fingerprint density at radius 1 is 1.60 bits per heavy atom. The predicted molar refractivity (Wildman–Crippen MR) is 38.0 cm³/mol. The third-order valence-corrected chi connectivity index (χ3v) is 1.88. The molecule has 1 aliphatic rings. The summed E-state index contributed by atoms with van der Waals surface area (Å²) in [5.74, 6) is 0. The van der Waals surface area contributed by atoms with Crippen molar-refractivity contribution in [3.05, 3.63) is 0 Å². The molecule has 1 heterocycles. The van der Waals surface area contributed by atoms with Crippen LogP contribution in [0.4, 0.5) is 0 Å². The first-order valence-corrected chi connectivity index (χ1v) is 3.68. The molecule has 1 aliphatic heterocycles. The highest BCUT2D eigenvalue weighted by molar-refractivity contribution is 4.80. The molecule has 1 fully saturated rings. The van der Waals surface area contributed by atoms with E-state index in [1.54, 1.807) is 0 Å². The van der Waals surface area contributed by atoms with Crippen molar-refractivity contribution in [2.75, 3.05) is 6.61 Å². The Hall–Kier alpha value is -0.120. The van der Waals surface area contributed by atoms with Gasteiger partial charge in [-0.1, -0.05) is 0 Å². The molecule has 10 heavy (non-hydrogen) atoms. The minimum absolute atomic E-state index is 0.0708. The maximum atomic E-state index is 8.62. The minimum atomic E-state index is -0.0708. The molecular formula is C7H15NO2. The van der Waals surface area contributed by atoms with Gasteiger partial charge in [-0.05, 0) is 26.7 Å². The predicted octanol–water partition coefficient (Wildman–Crippen LogP) is 0.923. The van der Waals surface area contributed by atoms with Crippen molar-refractivity contribution in [1.29, 1.82) is 0 Å². The lowest BCUT2D eigenvalue weighted by Crippen LogP contribution is -2.42. The molecule has 3 nitrogen and oxygen atoms in total. The van der Waals surface area contributed by atoms with Gasteiger partial charge in [0.05, 0.1) is 5.60 Å². The number of hydroxylamine groups is 1. The van der Waals surface area contributed by atoms with Gasteiger partial charge >= 0.3 is 0 Å². The number of nitrogens with one attached hydrogen (secondary N) is 1. The van der Waals surface area contributed by atoms with E-state index in [0.29, 0.717) is 0 Å². The fourth-order valence-electron chi connectivity index (χ4n) is 1.34. The van der Waals surface area contributed by atoms with E-state index < -0.39 is 0 Å². The third kappa shape index (κ3) is 1.94. The van der Waals surface area contributed by atoms with Crippen LogP contribution in [-0.4, -0.2) is 23.5 Å². The summed E-state index contributed by atoms with van der Waals surface area (Å²) in [6, 6.07) is 0.212. The van der Waals surface area contributed by atoms with Crippen LogP contribution in [0.5, 0.6) is 0 Å². The van der Waals surface area contributed by atoms with Gasteiger partial charge in [-0.25, -0.2) is 5.48 Å². The Balaban J connectivity index is 2.40. The van der Waals surface area contributed by atoms with Crippen LogP contribution in [0.1, 0.15) is 26.7 Å². The molecule has 1 unspecified atom stereocenters. The maximum absolute atomic E-state index is 8.62. The molecule has 0 spiro atoms. The van der Waals surface area contributed by atoms with Gasteiger partial charge in [0.1, 0.15) is 0 Å². The van der Waals surface area contributed by atoms with E-state index in [1.165, 1.54) is 0 Å². The molecule has 0 aromatic carbocycles. The highest BCUT2D eigenvalue weighted by Gasteiger charge is 2.28. The van der Waals surface area contributed by atoms with E-state index in [4.69, 9.17) is 9.94 Å². The van der Waals surface area contributed by atoms with Crippen molar-refractivity contribution in [2.24, 2.45) is 0 Å². The van der Waals surface area contributed by atoms with E-state index in [9.17, 15) is 0 Å². The van der Waals surface area contributed by atoms with Gasteiger partial charge in [0.2, 0.25) is 0 Å². The molecule has 3 heteroatoms. The zero-order valence-corrected chi connectivity index (χ0v) is 6.55. The van der Waals surface area contributed by atoms with Crippen LogP contribution in [0.2, 0.25) is 0 Å². The largest absolute Gasteiger partial charge is 0.375 e. The standard InChI is InChI=1S/C7H15NO2/c1-7(2)5-6(8-9)3-4-10-7/h6,8-9H,3-5H2,1-2H3. The second-order valence-electron chi connectivity index (χ2n) is 3.43. The van der Waals surface area contributed by atoms with Gasteiger partial charge in [-0.15, -0.1) is 0 Å². The summed E-state index contributed by atoms with van der Waals surface area (Å²) in [6.45, 7) is 4.82. The van der Waals surface area contributed by atoms with Crippen LogP contribution in [0.25, 0.3) is 0 Å². The molecule has 1 saturated heterocycles. The lowest BCUT2D eigenvalue weighted by molar-refractivity contribution is -0.0798. The first-order valence-electron chi connectivity index (χ1n) is 3.68. The summed E-state index contributed by atoms with van der Waals surface area (Å²) in [4.78, 5) is 0. The molecule has 0 amide bonds. The Morgan fingerprint density at radius 3 is 2.70 bits per heavy atom. The van der Waals surface area contributed by atoms with E-state index in [-0.39, 0.29) is 11.6 Å². The summed E-state index contributed by atoms with van der Waals surface area (Å²) < 4.78 is 5.45. The number of hydrogen-bond acceptors (Lipinski definition) is 3. The van der Waals surface area contributed by atoms with Gasteiger partial charge in [-0.2, -0.15) is 0 Å². The summed E-state index contributed by atoms with van der Waals surface area (Å²) in [7, 11) is 0. The topological polar surface area (TPSA) is 41.5 Å². The zero-order chi connectivity index (χ0) is 7.61. The van der Waals surface area contributed by atoms with Gasteiger partial charge in [0.15, 0.2) is 0 Å². The molecule has 0 bridgehead atoms. The smallest absolute Gasteiger partial charge is 0.0642 e. The van der Waals surface area contributed by atoms with Crippen LogP contribution in [-0.2, 0) is 4.74 Å². The highest BCUT2D eigenvalue weighted by atomic mass is 16.5. The van der Waals surface area contributed by atoms with Crippen LogP contribution in [0, 0.1) is 0 Å². The Labute approximate surface area is 61.3 Å². The van der Waals surface area contributed by atoms with E-state index in [2.05, 4.69) is 5.48 Å². The Bertz CT molecular complexity index is 114. The Kier molecular flexibility index (Phi) is 2.28. The van der Waals surface area contributed by atoms with Gasteiger partial charge in [0.25, 0.3) is 0 Å². The van der Waals surface area contributed by atoms with Crippen LogP contribution in [0.15, 0.2) is 0 Å². The van der Waals surface area contributed by atoms with Crippen LogP contribution < -0.4 is 5.48 Å². The van der Waals surface area contributed by atoms with Gasteiger partial charge in [-0.3, -0.25) is 0 Å². The van der Waals surface area contributed by atoms with Gasteiger partial charge in [0, 0.05) is 12.6 Å². The van der Waals surface area contributed by atoms with Crippen molar-refractivity contribution in [3.63, 3.8) is 0 Å². The first-order chi connectivity index (χ1) is 4.64. The number of hydrogen-bond donors (Lipinski definition) is 2. The fourth-order valence-corrected chi connectivity index (χ4v) is 1.34. The lowest BCUT2D eigenvalue weighted by atomic mass is 9.95. The third-order valence-electron chi connectivity index (χ3n) is 1.88. The van der Waals surface area contributed by atoms with Crippen LogP contribution >= 0.6 is 0 Å². The van der Waals surface area contributed by atoms with Crippen molar-refractivity contribution in [3.8, 4) is 0 Å². The monoisotopic (exact) mass is 145 g/mol. The summed E-state index contributed by atoms with van der Waals surface area (Å²) in [5.41, 5.74) is 2.21. The summed E-state index contributed by atoms with van der Waals surface area (Å²) in [6.07, 6.45) is 1.78.